The molecule has 1 amide bonds. The molecule has 0 radical (unpaired) electrons. The van der Waals surface area contributed by atoms with Crippen molar-refractivity contribution in [1.29, 1.82) is 0 Å². The lowest BCUT2D eigenvalue weighted by Gasteiger charge is -2.35. The molecule has 0 bridgehead atoms. The molecule has 1 N–H and O–H groups in total. The number of ether oxygens (including phenoxy) is 2. The third-order valence-corrected chi connectivity index (χ3v) is 5.32. The van der Waals surface area contributed by atoms with Crippen molar-refractivity contribution in [3.05, 3.63) is 65.2 Å². The van der Waals surface area contributed by atoms with Crippen molar-refractivity contribution in [2.24, 2.45) is 4.99 Å². The predicted octanol–water partition coefficient (Wildman–Crippen LogP) is 2.61. The first kappa shape index (κ1) is 22.6. The first-order valence-corrected chi connectivity index (χ1v) is 10.5. The number of hydrogen-bond donors (Lipinski definition) is 1. The maximum atomic E-state index is 11.7. The number of carbonyl (C=O) groups is 1. The van der Waals surface area contributed by atoms with E-state index in [1.807, 2.05) is 30.3 Å². The molecule has 166 valence electrons. The number of carbonyl (C=O) groups excluding carboxylic acids is 1. The Morgan fingerprint density at radius 2 is 2.06 bits per heavy atom. The Balaban J connectivity index is 1.58. The van der Waals surface area contributed by atoms with E-state index in [1.54, 1.807) is 21.1 Å². The smallest absolute Gasteiger partial charge is 0.259 e. The van der Waals surface area contributed by atoms with E-state index in [-0.39, 0.29) is 18.6 Å². The second-order valence-electron chi connectivity index (χ2n) is 7.79. The Kier molecular flexibility index (Phi) is 7.89. The van der Waals surface area contributed by atoms with E-state index in [0.29, 0.717) is 18.9 Å². The number of benzene rings is 2. The van der Waals surface area contributed by atoms with Crippen LogP contribution in [0, 0.1) is 6.92 Å². The molecule has 0 aliphatic carbocycles. The molecular formula is C24H32N4O3. The molecule has 31 heavy (non-hydrogen) atoms. The van der Waals surface area contributed by atoms with Gasteiger partial charge in [0.15, 0.2) is 12.6 Å². The van der Waals surface area contributed by atoms with Gasteiger partial charge in [0.2, 0.25) is 0 Å². The van der Waals surface area contributed by atoms with Crippen molar-refractivity contribution in [2.75, 3.05) is 47.4 Å². The van der Waals surface area contributed by atoms with Gasteiger partial charge in [0.1, 0.15) is 11.9 Å². The van der Waals surface area contributed by atoms with Crippen molar-refractivity contribution in [1.82, 2.24) is 15.1 Å². The van der Waals surface area contributed by atoms with Gasteiger partial charge in [-0.05, 0) is 35.7 Å². The minimum atomic E-state index is -0.0699. The molecule has 2 aromatic rings. The minimum Gasteiger partial charge on any atom is -0.484 e. The second kappa shape index (κ2) is 10.8. The Hall–Kier alpha value is -3.06. The summed E-state index contributed by atoms with van der Waals surface area (Å²) in [6.07, 6.45) is 0.0273. The van der Waals surface area contributed by atoms with Crippen molar-refractivity contribution in [2.45, 2.75) is 19.6 Å². The van der Waals surface area contributed by atoms with Gasteiger partial charge in [-0.15, -0.1) is 0 Å². The first-order chi connectivity index (χ1) is 15.0. The maximum Gasteiger partial charge on any atom is 0.259 e. The number of amides is 1. The lowest BCUT2D eigenvalue weighted by atomic mass is 10.0. The number of nitrogens with zero attached hydrogens (tertiary/aromatic N) is 3. The van der Waals surface area contributed by atoms with Gasteiger partial charge in [-0.1, -0.05) is 36.4 Å². The number of likely N-dealkylation sites (N-methyl/N-ethyl adjacent to an activating group) is 1. The molecule has 0 spiro atoms. The van der Waals surface area contributed by atoms with E-state index >= 15 is 0 Å². The largest absolute Gasteiger partial charge is 0.484 e. The summed E-state index contributed by atoms with van der Waals surface area (Å²) in [5.41, 5.74) is 3.52. The van der Waals surface area contributed by atoms with Crippen LogP contribution >= 0.6 is 0 Å². The number of rotatable bonds is 6. The van der Waals surface area contributed by atoms with E-state index < -0.39 is 0 Å². The highest BCUT2D eigenvalue weighted by Gasteiger charge is 2.25. The van der Waals surface area contributed by atoms with Gasteiger partial charge in [0.25, 0.3) is 5.91 Å². The molecule has 2 aromatic carbocycles. The van der Waals surface area contributed by atoms with Crippen LogP contribution < -0.4 is 10.1 Å². The van der Waals surface area contributed by atoms with Crippen LogP contribution in [0.4, 0.5) is 0 Å². The van der Waals surface area contributed by atoms with Gasteiger partial charge in [-0.25, -0.2) is 0 Å². The normalized spacial score (nSPS) is 16.7. The van der Waals surface area contributed by atoms with Crippen LogP contribution in [-0.2, 0) is 16.1 Å². The van der Waals surface area contributed by atoms with Crippen LogP contribution in [-0.4, -0.2) is 69.1 Å². The summed E-state index contributed by atoms with van der Waals surface area (Å²) in [4.78, 5) is 20.0. The predicted molar refractivity (Wildman–Crippen MR) is 122 cm³/mol. The second-order valence-corrected chi connectivity index (χ2v) is 7.79. The van der Waals surface area contributed by atoms with E-state index in [2.05, 4.69) is 40.3 Å². The van der Waals surface area contributed by atoms with Gasteiger partial charge in [-0.3, -0.25) is 9.79 Å². The third kappa shape index (κ3) is 6.21. The summed E-state index contributed by atoms with van der Waals surface area (Å²) >= 11 is 0. The Morgan fingerprint density at radius 3 is 2.81 bits per heavy atom. The zero-order valence-corrected chi connectivity index (χ0v) is 18.8. The molecule has 1 saturated heterocycles. The van der Waals surface area contributed by atoms with E-state index in [1.165, 1.54) is 16.0 Å². The van der Waals surface area contributed by atoms with Crippen molar-refractivity contribution in [3.63, 3.8) is 0 Å². The quantitative estimate of drug-likeness (QED) is 0.570. The lowest BCUT2D eigenvalue weighted by molar-refractivity contribution is -0.130. The standard InChI is InChI=1S/C24H32N4O3/c1-18-8-5-6-11-21(18)22-16-28(12-13-30-22)24(25-2)26-15-19-9-7-10-20(14-19)31-17-23(29)27(3)4/h5-11,14,22H,12-13,15-17H2,1-4H3,(H,25,26). The fourth-order valence-corrected chi connectivity index (χ4v) is 3.51. The lowest BCUT2D eigenvalue weighted by Crippen LogP contribution is -2.48. The van der Waals surface area contributed by atoms with E-state index in [9.17, 15) is 4.79 Å². The molecule has 1 atom stereocenters. The van der Waals surface area contributed by atoms with Crippen LogP contribution in [0.15, 0.2) is 53.5 Å². The van der Waals surface area contributed by atoms with E-state index in [4.69, 9.17) is 9.47 Å². The average Bonchev–Trinajstić information content (AvgIpc) is 2.78. The van der Waals surface area contributed by atoms with Gasteiger partial charge in [0, 0.05) is 34.2 Å². The molecule has 7 heteroatoms. The Morgan fingerprint density at radius 1 is 1.26 bits per heavy atom. The molecule has 1 aliphatic heterocycles. The average molecular weight is 425 g/mol. The third-order valence-electron chi connectivity index (χ3n) is 5.32. The van der Waals surface area contributed by atoms with Gasteiger partial charge in [0.05, 0.1) is 13.2 Å². The highest BCUT2D eigenvalue weighted by molar-refractivity contribution is 5.80. The maximum absolute atomic E-state index is 11.7. The Bertz CT molecular complexity index is 913. The molecule has 0 saturated carbocycles. The molecule has 7 nitrogen and oxygen atoms in total. The topological polar surface area (TPSA) is 66.4 Å². The van der Waals surface area contributed by atoms with E-state index in [0.717, 1.165) is 24.6 Å². The van der Waals surface area contributed by atoms with Crippen LogP contribution in [0.3, 0.4) is 0 Å². The molecular weight excluding hydrogens is 392 g/mol. The molecule has 3 rings (SSSR count). The van der Waals surface area contributed by atoms with Gasteiger partial charge >= 0.3 is 0 Å². The van der Waals surface area contributed by atoms with Crippen LogP contribution in [0.5, 0.6) is 5.75 Å². The summed E-state index contributed by atoms with van der Waals surface area (Å²) in [5.74, 6) is 1.45. The van der Waals surface area contributed by atoms with Crippen LogP contribution in [0.25, 0.3) is 0 Å². The molecule has 0 aromatic heterocycles. The summed E-state index contributed by atoms with van der Waals surface area (Å²) in [5, 5.41) is 3.44. The molecule has 1 heterocycles. The molecule has 1 fully saturated rings. The van der Waals surface area contributed by atoms with Crippen molar-refractivity contribution >= 4 is 11.9 Å². The Labute approximate surface area is 184 Å². The zero-order chi connectivity index (χ0) is 22.2. The van der Waals surface area contributed by atoms with Crippen LogP contribution in [0.2, 0.25) is 0 Å². The van der Waals surface area contributed by atoms with Crippen molar-refractivity contribution < 1.29 is 14.3 Å². The first-order valence-electron chi connectivity index (χ1n) is 10.5. The molecule has 1 unspecified atom stereocenters. The highest BCUT2D eigenvalue weighted by Crippen LogP contribution is 2.25. The number of morpholine rings is 1. The monoisotopic (exact) mass is 424 g/mol. The minimum absolute atomic E-state index is 0.0273. The zero-order valence-electron chi connectivity index (χ0n) is 18.8. The summed E-state index contributed by atoms with van der Waals surface area (Å²) < 4.78 is 11.7. The number of aryl methyl sites for hydroxylation is 1. The number of guanidine groups is 1. The SMILES string of the molecule is CN=C(NCc1cccc(OCC(=O)N(C)C)c1)N1CCOC(c2ccccc2C)C1. The van der Waals surface area contributed by atoms with Crippen LogP contribution in [0.1, 0.15) is 22.8 Å². The van der Waals surface area contributed by atoms with Gasteiger partial charge in [-0.2, -0.15) is 0 Å². The summed E-state index contributed by atoms with van der Waals surface area (Å²) in [7, 11) is 5.23. The summed E-state index contributed by atoms with van der Waals surface area (Å²) in [6.45, 7) is 4.95. The number of aliphatic imine (C=N–C) groups is 1. The number of hydrogen-bond acceptors (Lipinski definition) is 4. The fourth-order valence-electron chi connectivity index (χ4n) is 3.51. The van der Waals surface area contributed by atoms with Crippen molar-refractivity contribution in [3.8, 4) is 5.75 Å². The van der Waals surface area contributed by atoms with Gasteiger partial charge < -0.3 is 24.6 Å². The summed E-state index contributed by atoms with van der Waals surface area (Å²) in [6, 6.07) is 16.1. The number of nitrogens with one attached hydrogen (secondary N) is 1. The fraction of sp³-hybridized carbons (Fsp3) is 0.417. The molecule has 1 aliphatic rings. The highest BCUT2D eigenvalue weighted by atomic mass is 16.5.